The second kappa shape index (κ2) is 9.23. The summed E-state index contributed by atoms with van der Waals surface area (Å²) in [6.07, 6.45) is 4.11. The molecule has 0 aliphatic carbocycles. The zero-order valence-electron chi connectivity index (χ0n) is 11.9. The zero-order valence-corrected chi connectivity index (χ0v) is 12.7. The molecule has 2 atom stereocenters. The minimum Gasteiger partial charge on any atom is -0.314 e. The van der Waals surface area contributed by atoms with E-state index in [1.54, 1.807) is 0 Å². The van der Waals surface area contributed by atoms with Crippen LogP contribution in [0.25, 0.3) is 0 Å². The van der Waals surface area contributed by atoms with Crippen LogP contribution in [0.4, 0.5) is 0 Å². The van der Waals surface area contributed by atoms with E-state index in [0.29, 0.717) is 6.04 Å². The molecule has 0 amide bonds. The number of nitrogens with zero attached hydrogens (tertiary/aromatic N) is 1. The van der Waals surface area contributed by atoms with Crippen molar-refractivity contribution in [3.63, 3.8) is 0 Å². The molecule has 1 heterocycles. The summed E-state index contributed by atoms with van der Waals surface area (Å²) in [5, 5.41) is 3.72. The molecule has 1 N–H and O–H groups in total. The van der Waals surface area contributed by atoms with Crippen LogP contribution in [0.5, 0.6) is 0 Å². The molecular formula is C14H30N2S. The molecule has 102 valence electrons. The quantitative estimate of drug-likeness (QED) is 0.674. The lowest BCUT2D eigenvalue weighted by atomic mass is 9.91. The van der Waals surface area contributed by atoms with Crippen LogP contribution in [0.3, 0.4) is 0 Å². The maximum absolute atomic E-state index is 3.72. The van der Waals surface area contributed by atoms with Gasteiger partial charge in [0.2, 0.25) is 0 Å². The van der Waals surface area contributed by atoms with E-state index >= 15 is 0 Å². The monoisotopic (exact) mass is 258 g/mol. The Hall–Kier alpha value is 0.270. The average Bonchev–Trinajstić information content (AvgIpc) is 2.38. The molecule has 1 fully saturated rings. The van der Waals surface area contributed by atoms with Crippen LogP contribution in [0.15, 0.2) is 0 Å². The van der Waals surface area contributed by atoms with E-state index in [1.165, 1.54) is 56.9 Å². The number of nitrogens with one attached hydrogen (secondary N) is 1. The van der Waals surface area contributed by atoms with Crippen LogP contribution in [0.2, 0.25) is 0 Å². The number of rotatable bonds is 8. The van der Waals surface area contributed by atoms with E-state index in [4.69, 9.17) is 0 Å². The molecule has 2 nitrogen and oxygen atoms in total. The van der Waals surface area contributed by atoms with Crippen LogP contribution in [-0.4, -0.2) is 48.6 Å². The van der Waals surface area contributed by atoms with Crippen molar-refractivity contribution in [2.45, 2.75) is 46.1 Å². The first kappa shape index (κ1) is 15.3. The van der Waals surface area contributed by atoms with E-state index in [1.807, 2.05) is 0 Å². The Kier molecular flexibility index (Phi) is 8.33. The van der Waals surface area contributed by atoms with Gasteiger partial charge in [-0.15, -0.1) is 0 Å². The molecule has 0 saturated carbocycles. The second-order valence-corrected chi connectivity index (χ2v) is 6.48. The van der Waals surface area contributed by atoms with Gasteiger partial charge >= 0.3 is 0 Å². The topological polar surface area (TPSA) is 15.3 Å². The number of hydrogen-bond acceptors (Lipinski definition) is 3. The molecule has 17 heavy (non-hydrogen) atoms. The first-order valence-electron chi connectivity index (χ1n) is 7.31. The van der Waals surface area contributed by atoms with Crippen molar-refractivity contribution in [1.29, 1.82) is 0 Å². The third-order valence-corrected chi connectivity index (χ3v) is 4.82. The maximum atomic E-state index is 3.72. The largest absolute Gasteiger partial charge is 0.314 e. The Morgan fingerprint density at radius 3 is 2.94 bits per heavy atom. The standard InChI is InChI=1S/C14H30N2S/c1-4-16-10-6-8-14(12-16)13(3)15-9-7-11-17-5-2/h13-15H,4-12H2,1-3H3. The molecule has 1 rings (SSSR count). The van der Waals surface area contributed by atoms with Crippen LogP contribution < -0.4 is 5.32 Å². The molecular weight excluding hydrogens is 228 g/mol. The molecule has 1 saturated heterocycles. The minimum atomic E-state index is 0.691. The van der Waals surface area contributed by atoms with Crippen molar-refractivity contribution >= 4 is 11.8 Å². The SMILES string of the molecule is CCSCCCNC(C)C1CCCN(CC)C1. The van der Waals surface area contributed by atoms with Gasteiger partial charge in [-0.05, 0) is 63.2 Å². The van der Waals surface area contributed by atoms with Crippen LogP contribution >= 0.6 is 11.8 Å². The summed E-state index contributed by atoms with van der Waals surface area (Å²) in [4.78, 5) is 2.60. The molecule has 2 unspecified atom stereocenters. The third kappa shape index (κ3) is 6.12. The Labute approximate surface area is 112 Å². The number of thioether (sulfide) groups is 1. The lowest BCUT2D eigenvalue weighted by Gasteiger charge is -2.35. The number of likely N-dealkylation sites (tertiary alicyclic amines) is 1. The van der Waals surface area contributed by atoms with Crippen LogP contribution in [-0.2, 0) is 0 Å². The van der Waals surface area contributed by atoms with Crippen molar-refractivity contribution in [2.24, 2.45) is 5.92 Å². The first-order valence-corrected chi connectivity index (χ1v) is 8.46. The summed E-state index contributed by atoms with van der Waals surface area (Å²) < 4.78 is 0. The van der Waals surface area contributed by atoms with Crippen molar-refractivity contribution in [3.05, 3.63) is 0 Å². The van der Waals surface area contributed by atoms with Gasteiger partial charge in [0.15, 0.2) is 0 Å². The molecule has 0 aromatic rings. The van der Waals surface area contributed by atoms with Gasteiger partial charge < -0.3 is 10.2 Å². The highest BCUT2D eigenvalue weighted by Gasteiger charge is 2.23. The summed E-state index contributed by atoms with van der Waals surface area (Å²) in [7, 11) is 0. The summed E-state index contributed by atoms with van der Waals surface area (Å²) in [6, 6.07) is 0.691. The third-order valence-electron chi connectivity index (χ3n) is 3.83. The molecule has 1 aliphatic rings. The van der Waals surface area contributed by atoms with Gasteiger partial charge in [0.25, 0.3) is 0 Å². The highest BCUT2D eigenvalue weighted by atomic mass is 32.2. The summed E-state index contributed by atoms with van der Waals surface area (Å²) in [5.74, 6) is 3.42. The predicted molar refractivity (Wildman–Crippen MR) is 79.9 cm³/mol. The van der Waals surface area contributed by atoms with Gasteiger partial charge in [-0.3, -0.25) is 0 Å². The van der Waals surface area contributed by atoms with Gasteiger partial charge in [0.05, 0.1) is 0 Å². The normalized spacial score (nSPS) is 23.8. The van der Waals surface area contributed by atoms with Crippen molar-refractivity contribution in [3.8, 4) is 0 Å². The van der Waals surface area contributed by atoms with Crippen molar-refractivity contribution in [1.82, 2.24) is 10.2 Å². The highest BCUT2D eigenvalue weighted by Crippen LogP contribution is 2.19. The fourth-order valence-corrected chi connectivity index (χ4v) is 3.24. The van der Waals surface area contributed by atoms with Gasteiger partial charge in [-0.25, -0.2) is 0 Å². The lowest BCUT2D eigenvalue weighted by molar-refractivity contribution is 0.157. The Bertz CT molecular complexity index is 187. The van der Waals surface area contributed by atoms with Crippen molar-refractivity contribution in [2.75, 3.05) is 37.7 Å². The fraction of sp³-hybridized carbons (Fsp3) is 1.00. The number of hydrogen-bond donors (Lipinski definition) is 1. The van der Waals surface area contributed by atoms with Gasteiger partial charge in [0, 0.05) is 12.6 Å². The maximum Gasteiger partial charge on any atom is 0.00792 e. The fourth-order valence-electron chi connectivity index (χ4n) is 2.60. The van der Waals surface area contributed by atoms with E-state index in [-0.39, 0.29) is 0 Å². The Balaban J connectivity index is 2.11. The zero-order chi connectivity index (χ0) is 12.5. The second-order valence-electron chi connectivity index (χ2n) is 5.09. The number of piperidine rings is 1. The molecule has 0 radical (unpaired) electrons. The minimum absolute atomic E-state index is 0.691. The molecule has 0 aromatic heterocycles. The van der Waals surface area contributed by atoms with E-state index < -0.39 is 0 Å². The molecule has 0 aromatic carbocycles. The predicted octanol–water partition coefficient (Wildman–Crippen LogP) is 2.84. The smallest absolute Gasteiger partial charge is 0.00792 e. The van der Waals surface area contributed by atoms with Crippen LogP contribution in [0, 0.1) is 5.92 Å². The highest BCUT2D eigenvalue weighted by molar-refractivity contribution is 7.99. The van der Waals surface area contributed by atoms with Crippen LogP contribution in [0.1, 0.15) is 40.0 Å². The van der Waals surface area contributed by atoms with Crippen molar-refractivity contribution < 1.29 is 0 Å². The summed E-state index contributed by atoms with van der Waals surface area (Å²) in [5.41, 5.74) is 0. The van der Waals surface area contributed by atoms with E-state index in [2.05, 4.69) is 42.7 Å². The lowest BCUT2D eigenvalue weighted by Crippen LogP contribution is -2.44. The van der Waals surface area contributed by atoms with Gasteiger partial charge in [-0.2, -0.15) is 11.8 Å². The average molecular weight is 258 g/mol. The molecule has 3 heteroatoms. The molecule has 0 spiro atoms. The molecule has 1 aliphatic heterocycles. The summed E-state index contributed by atoms with van der Waals surface area (Å²) >= 11 is 2.05. The van der Waals surface area contributed by atoms with E-state index in [9.17, 15) is 0 Å². The summed E-state index contributed by atoms with van der Waals surface area (Å²) in [6.45, 7) is 11.9. The van der Waals surface area contributed by atoms with E-state index in [0.717, 1.165) is 5.92 Å². The Morgan fingerprint density at radius 1 is 1.41 bits per heavy atom. The van der Waals surface area contributed by atoms with Gasteiger partial charge in [-0.1, -0.05) is 13.8 Å². The first-order chi connectivity index (χ1) is 8.27. The van der Waals surface area contributed by atoms with Gasteiger partial charge in [0.1, 0.15) is 0 Å². The molecule has 0 bridgehead atoms. The Morgan fingerprint density at radius 2 is 2.24 bits per heavy atom.